The predicted molar refractivity (Wildman–Crippen MR) is 25.6 cm³/mol. The summed E-state index contributed by atoms with van der Waals surface area (Å²) in [5, 5.41) is 0. The van der Waals surface area contributed by atoms with Crippen LogP contribution in [0.1, 0.15) is 19.8 Å². The van der Waals surface area contributed by atoms with Crippen molar-refractivity contribution in [2.24, 2.45) is 0 Å². The minimum atomic E-state index is 0. The molecule has 0 saturated carbocycles. The van der Waals surface area contributed by atoms with Crippen LogP contribution < -0.4 is 0 Å². The van der Waals surface area contributed by atoms with Crippen LogP contribution in [0.5, 0.6) is 0 Å². The van der Waals surface area contributed by atoms with Crippen molar-refractivity contribution in [1.82, 2.24) is 0 Å². The average Bonchev–Trinajstić information content (AvgIpc) is 1.61. The Hall–Kier alpha value is 0.444. The van der Waals surface area contributed by atoms with E-state index < -0.39 is 0 Å². The molecule has 0 aromatic heterocycles. The fraction of sp³-hybridized carbons (Fsp3) is 0.600. The quantitative estimate of drug-likeness (QED) is 0.603. The summed E-state index contributed by atoms with van der Waals surface area (Å²) in [6.45, 7) is 1.46. The van der Waals surface area contributed by atoms with Crippen molar-refractivity contribution < 1.29 is 42.3 Å². The zero-order chi connectivity index (χ0) is 5.70. The Kier molecular flexibility index (Phi) is 10.5. The number of rotatable bonds is 3. The van der Waals surface area contributed by atoms with Crippen LogP contribution in [0.25, 0.3) is 0 Å². The second kappa shape index (κ2) is 7.44. The molecular formula is C5H7O2Y-. The van der Waals surface area contributed by atoms with Crippen LogP contribution >= 0.6 is 0 Å². The molecule has 0 unspecified atom stereocenters. The second-order valence-corrected chi connectivity index (χ2v) is 1.35. The molecule has 8 heavy (non-hydrogen) atoms. The standard InChI is InChI=1S/C5H7O2.Y/c1-5(7)3-2-4-6;/h2-3H2,1H3;/q-1;. The van der Waals surface area contributed by atoms with E-state index in [2.05, 4.69) is 0 Å². The van der Waals surface area contributed by atoms with Gasteiger partial charge in [0.05, 0.1) is 0 Å². The van der Waals surface area contributed by atoms with Gasteiger partial charge in [0.1, 0.15) is 5.78 Å². The smallest absolute Gasteiger partial charge is 0.127 e. The topological polar surface area (TPSA) is 34.1 Å². The number of hydrogen-bond acceptors (Lipinski definition) is 2. The molecule has 0 aromatic rings. The summed E-state index contributed by atoms with van der Waals surface area (Å²) in [5.41, 5.74) is 0. The summed E-state index contributed by atoms with van der Waals surface area (Å²) in [4.78, 5) is 19.5. The number of hydrogen-bond donors (Lipinski definition) is 0. The SMILES string of the molecule is CC(=O)CC[C-]=O.[Y]. The van der Waals surface area contributed by atoms with Crippen molar-refractivity contribution in [2.45, 2.75) is 19.8 Å². The number of ketones is 1. The van der Waals surface area contributed by atoms with Crippen molar-refractivity contribution in [3.8, 4) is 0 Å². The molecule has 0 saturated heterocycles. The van der Waals surface area contributed by atoms with Crippen LogP contribution in [0, 0.1) is 0 Å². The van der Waals surface area contributed by atoms with Crippen molar-refractivity contribution in [3.63, 3.8) is 0 Å². The normalized spacial score (nSPS) is 7.12. The molecule has 0 fully saturated rings. The number of Topliss-reactive ketones (excluding diaryl/α,β-unsaturated/α-hetero) is 1. The Morgan fingerprint density at radius 1 is 1.62 bits per heavy atom. The summed E-state index contributed by atoms with van der Waals surface area (Å²) in [5.74, 6) is 0.0448. The molecular weight excluding hydrogens is 181 g/mol. The predicted octanol–water partition coefficient (Wildman–Crippen LogP) is 0.463. The van der Waals surface area contributed by atoms with Crippen LogP contribution in [0.2, 0.25) is 0 Å². The Morgan fingerprint density at radius 2 is 2.12 bits per heavy atom. The molecule has 0 bridgehead atoms. The van der Waals surface area contributed by atoms with Crippen LogP contribution in [0.15, 0.2) is 0 Å². The molecule has 0 aliphatic heterocycles. The van der Waals surface area contributed by atoms with Crippen molar-refractivity contribution in [3.05, 3.63) is 0 Å². The maximum Gasteiger partial charge on any atom is 0.127 e. The van der Waals surface area contributed by atoms with Crippen molar-refractivity contribution in [2.75, 3.05) is 0 Å². The first-order valence-electron chi connectivity index (χ1n) is 2.12. The Labute approximate surface area is 73.9 Å². The van der Waals surface area contributed by atoms with Crippen LogP contribution in [0.3, 0.4) is 0 Å². The summed E-state index contributed by atoms with van der Waals surface area (Å²) in [6.07, 6.45) is 2.21. The van der Waals surface area contributed by atoms with Crippen LogP contribution in [0.4, 0.5) is 0 Å². The van der Waals surface area contributed by atoms with Crippen molar-refractivity contribution >= 4 is 12.1 Å². The minimum absolute atomic E-state index is 0. The zero-order valence-corrected chi connectivity index (χ0v) is 7.65. The van der Waals surface area contributed by atoms with E-state index in [1.54, 1.807) is 6.29 Å². The van der Waals surface area contributed by atoms with E-state index >= 15 is 0 Å². The third-order valence-electron chi connectivity index (χ3n) is 0.579. The monoisotopic (exact) mass is 188 g/mol. The Balaban J connectivity index is 0. The molecule has 43 valence electrons. The molecule has 0 heterocycles. The van der Waals surface area contributed by atoms with Gasteiger partial charge in [-0.15, -0.1) is 6.42 Å². The molecule has 0 amide bonds. The Morgan fingerprint density at radius 3 is 2.25 bits per heavy atom. The molecule has 0 rings (SSSR count). The fourth-order valence-electron chi connectivity index (χ4n) is 0.227. The maximum absolute atomic E-state index is 10.0. The van der Waals surface area contributed by atoms with Gasteiger partial charge in [-0.3, -0.25) is 6.29 Å². The molecule has 0 aromatic carbocycles. The largest absolute Gasteiger partial charge is 0.542 e. The molecule has 0 aliphatic rings. The van der Waals surface area contributed by atoms with Gasteiger partial charge in [0.15, 0.2) is 0 Å². The van der Waals surface area contributed by atoms with Gasteiger partial charge in [-0.25, -0.2) is 0 Å². The van der Waals surface area contributed by atoms with E-state index in [4.69, 9.17) is 0 Å². The summed E-state index contributed by atoms with van der Waals surface area (Å²) in [7, 11) is 0. The van der Waals surface area contributed by atoms with E-state index in [0.29, 0.717) is 6.42 Å². The summed E-state index contributed by atoms with van der Waals surface area (Å²) >= 11 is 0. The van der Waals surface area contributed by atoms with Gasteiger partial charge < -0.3 is 9.59 Å². The van der Waals surface area contributed by atoms with Gasteiger partial charge in [-0.2, -0.15) is 0 Å². The zero-order valence-electron chi connectivity index (χ0n) is 4.81. The molecule has 2 nitrogen and oxygen atoms in total. The first kappa shape index (κ1) is 11.3. The van der Waals surface area contributed by atoms with Gasteiger partial charge in [-0.1, -0.05) is 0 Å². The van der Waals surface area contributed by atoms with Gasteiger partial charge in [0.2, 0.25) is 0 Å². The third kappa shape index (κ3) is 9.67. The van der Waals surface area contributed by atoms with Crippen LogP contribution in [-0.2, 0) is 42.3 Å². The summed E-state index contributed by atoms with van der Waals surface area (Å²) in [6, 6.07) is 0. The molecule has 0 aliphatic carbocycles. The van der Waals surface area contributed by atoms with E-state index in [1.165, 1.54) is 6.92 Å². The number of carbonyl (C=O) groups is 1. The van der Waals surface area contributed by atoms with Crippen LogP contribution in [-0.4, -0.2) is 12.1 Å². The molecule has 0 spiro atoms. The molecule has 3 heteroatoms. The summed E-state index contributed by atoms with van der Waals surface area (Å²) < 4.78 is 0. The third-order valence-corrected chi connectivity index (χ3v) is 0.579. The Bertz CT molecular complexity index is 80.5. The molecule has 0 atom stereocenters. The van der Waals surface area contributed by atoms with Crippen molar-refractivity contribution in [1.29, 1.82) is 0 Å². The average molecular weight is 188 g/mol. The minimum Gasteiger partial charge on any atom is -0.542 e. The first-order chi connectivity index (χ1) is 3.27. The molecule has 0 N–H and O–H groups in total. The van der Waals surface area contributed by atoms with Gasteiger partial charge in [0.25, 0.3) is 0 Å². The number of carbonyl (C=O) groups excluding carboxylic acids is 2. The van der Waals surface area contributed by atoms with Gasteiger partial charge in [-0.05, 0) is 13.3 Å². The maximum atomic E-state index is 10.0. The molecule has 1 radical (unpaired) electrons. The second-order valence-electron chi connectivity index (χ2n) is 1.35. The first-order valence-corrected chi connectivity index (χ1v) is 2.12. The van der Waals surface area contributed by atoms with E-state index in [9.17, 15) is 9.59 Å². The van der Waals surface area contributed by atoms with Gasteiger partial charge >= 0.3 is 0 Å². The van der Waals surface area contributed by atoms with E-state index in [1.807, 2.05) is 0 Å². The van der Waals surface area contributed by atoms with E-state index in [-0.39, 0.29) is 44.9 Å². The fourth-order valence-corrected chi connectivity index (χ4v) is 0.227. The van der Waals surface area contributed by atoms with E-state index in [0.717, 1.165) is 0 Å². The van der Waals surface area contributed by atoms with Gasteiger partial charge in [0, 0.05) is 32.7 Å².